The third-order valence-electron chi connectivity index (χ3n) is 2.71. The molecule has 0 unspecified atom stereocenters. The van der Waals surface area contributed by atoms with E-state index in [1.807, 2.05) is 4.83 Å². The van der Waals surface area contributed by atoms with E-state index in [2.05, 4.69) is 5.10 Å². The molecule has 0 atom stereocenters. The fourth-order valence-electron chi connectivity index (χ4n) is 1.60. The van der Waals surface area contributed by atoms with Gasteiger partial charge in [0.2, 0.25) is 0 Å². The third kappa shape index (κ3) is 4.01. The molecular weight excluding hydrogens is 329 g/mol. The minimum atomic E-state index is -3.98. The molecule has 0 aliphatic rings. The summed E-state index contributed by atoms with van der Waals surface area (Å²) in [6, 6.07) is 7.55. The number of aromatic hydroxyl groups is 1. The zero-order chi connectivity index (χ0) is 17.0. The summed E-state index contributed by atoms with van der Waals surface area (Å²) in [5, 5.41) is 23.5. The van der Waals surface area contributed by atoms with E-state index in [4.69, 9.17) is 0 Å². The van der Waals surface area contributed by atoms with E-state index in [0.29, 0.717) is 0 Å². The van der Waals surface area contributed by atoms with Crippen LogP contribution in [0.5, 0.6) is 5.75 Å². The van der Waals surface area contributed by atoms with Gasteiger partial charge in [0, 0.05) is 11.6 Å². The molecule has 0 fully saturated rings. The first-order valence-corrected chi connectivity index (χ1v) is 7.56. The predicted molar refractivity (Wildman–Crippen MR) is 79.1 cm³/mol. The SMILES string of the molecule is O=[N+]([O-])c1cc(/C=N/NS(=O)(=O)c2ccc(F)cc2)ccc1O. The Bertz CT molecular complexity index is 866. The number of rotatable bonds is 5. The van der Waals surface area contributed by atoms with Crippen LogP contribution < -0.4 is 4.83 Å². The fraction of sp³-hybridized carbons (Fsp3) is 0. The van der Waals surface area contributed by atoms with Crippen LogP contribution in [0.3, 0.4) is 0 Å². The molecule has 10 heteroatoms. The third-order valence-corrected chi connectivity index (χ3v) is 3.95. The van der Waals surface area contributed by atoms with Gasteiger partial charge in [-0.25, -0.2) is 9.22 Å². The second-order valence-electron chi connectivity index (χ2n) is 4.31. The minimum Gasteiger partial charge on any atom is -0.502 e. The minimum absolute atomic E-state index is 0.187. The zero-order valence-electron chi connectivity index (χ0n) is 11.4. The second-order valence-corrected chi connectivity index (χ2v) is 5.97. The van der Waals surface area contributed by atoms with Crippen molar-refractivity contribution in [2.45, 2.75) is 4.90 Å². The molecule has 8 nitrogen and oxygen atoms in total. The summed E-state index contributed by atoms with van der Waals surface area (Å²) >= 11 is 0. The highest BCUT2D eigenvalue weighted by atomic mass is 32.2. The number of nitrogens with zero attached hydrogens (tertiary/aromatic N) is 2. The Kier molecular flexibility index (Phi) is 4.55. The number of phenols is 1. The molecule has 2 aromatic carbocycles. The van der Waals surface area contributed by atoms with Crippen molar-refractivity contribution < 1.29 is 22.8 Å². The van der Waals surface area contributed by atoms with Crippen LogP contribution in [-0.2, 0) is 10.0 Å². The highest BCUT2D eigenvalue weighted by Crippen LogP contribution is 2.25. The van der Waals surface area contributed by atoms with Gasteiger partial charge in [-0.2, -0.15) is 13.5 Å². The Morgan fingerprint density at radius 3 is 2.48 bits per heavy atom. The maximum Gasteiger partial charge on any atom is 0.311 e. The van der Waals surface area contributed by atoms with Crippen LogP contribution in [0.2, 0.25) is 0 Å². The van der Waals surface area contributed by atoms with Gasteiger partial charge in [-0.3, -0.25) is 10.1 Å². The fourth-order valence-corrected chi connectivity index (χ4v) is 2.39. The number of phenolic OH excluding ortho intramolecular Hbond substituents is 1. The Morgan fingerprint density at radius 2 is 1.87 bits per heavy atom. The summed E-state index contributed by atoms with van der Waals surface area (Å²) in [5.41, 5.74) is -0.327. The Labute approximate surface area is 130 Å². The number of hydrazone groups is 1. The van der Waals surface area contributed by atoms with E-state index < -0.39 is 32.2 Å². The average Bonchev–Trinajstić information content (AvgIpc) is 2.49. The summed E-state index contributed by atoms with van der Waals surface area (Å²) in [6.45, 7) is 0. The van der Waals surface area contributed by atoms with E-state index >= 15 is 0 Å². The van der Waals surface area contributed by atoms with Gasteiger partial charge in [0.15, 0.2) is 5.75 Å². The Hall–Kier alpha value is -3.01. The van der Waals surface area contributed by atoms with Gasteiger partial charge in [0.1, 0.15) is 5.82 Å². The topological polar surface area (TPSA) is 122 Å². The molecule has 0 radical (unpaired) electrons. The number of sulfonamides is 1. The lowest BCUT2D eigenvalue weighted by Crippen LogP contribution is -2.18. The van der Waals surface area contributed by atoms with Gasteiger partial charge >= 0.3 is 5.69 Å². The van der Waals surface area contributed by atoms with E-state index in [1.165, 1.54) is 6.07 Å². The van der Waals surface area contributed by atoms with Crippen molar-refractivity contribution in [1.82, 2.24) is 4.83 Å². The lowest BCUT2D eigenvalue weighted by Gasteiger charge is -2.03. The highest BCUT2D eigenvalue weighted by molar-refractivity contribution is 7.89. The van der Waals surface area contributed by atoms with Gasteiger partial charge in [0.25, 0.3) is 10.0 Å². The summed E-state index contributed by atoms with van der Waals surface area (Å²) in [7, 11) is -3.98. The quantitative estimate of drug-likeness (QED) is 0.488. The number of halogens is 1. The molecule has 0 heterocycles. The van der Waals surface area contributed by atoms with Crippen LogP contribution in [0.4, 0.5) is 10.1 Å². The van der Waals surface area contributed by atoms with Crippen molar-refractivity contribution in [3.8, 4) is 5.75 Å². The van der Waals surface area contributed by atoms with Crippen molar-refractivity contribution in [3.63, 3.8) is 0 Å². The standard InChI is InChI=1S/C13H10FN3O5S/c14-10-2-4-11(5-3-10)23(21,22)16-15-8-9-1-6-13(18)12(7-9)17(19)20/h1-8,16,18H/b15-8+. The van der Waals surface area contributed by atoms with Crippen LogP contribution in [0.15, 0.2) is 52.5 Å². The van der Waals surface area contributed by atoms with Crippen LogP contribution in [0.25, 0.3) is 0 Å². The first kappa shape index (κ1) is 16.4. The average molecular weight is 339 g/mol. The van der Waals surface area contributed by atoms with Gasteiger partial charge in [-0.1, -0.05) is 0 Å². The number of benzene rings is 2. The maximum absolute atomic E-state index is 12.8. The summed E-state index contributed by atoms with van der Waals surface area (Å²) in [4.78, 5) is 11.6. The molecule has 0 saturated carbocycles. The molecule has 0 bridgehead atoms. The number of nitro benzene ring substituents is 1. The van der Waals surface area contributed by atoms with Crippen molar-refractivity contribution >= 4 is 21.9 Å². The molecular formula is C13H10FN3O5S. The monoisotopic (exact) mass is 339 g/mol. The van der Waals surface area contributed by atoms with Crippen molar-refractivity contribution in [3.05, 3.63) is 64.0 Å². The number of nitrogens with one attached hydrogen (secondary N) is 1. The Morgan fingerprint density at radius 1 is 1.22 bits per heavy atom. The molecule has 2 N–H and O–H groups in total. The van der Waals surface area contributed by atoms with Crippen molar-refractivity contribution in [1.29, 1.82) is 0 Å². The van der Waals surface area contributed by atoms with Gasteiger partial charge in [-0.05, 0) is 36.4 Å². The molecule has 0 spiro atoms. The van der Waals surface area contributed by atoms with Gasteiger partial charge < -0.3 is 5.11 Å². The van der Waals surface area contributed by atoms with E-state index in [1.54, 1.807) is 0 Å². The van der Waals surface area contributed by atoms with E-state index in [0.717, 1.165) is 42.6 Å². The van der Waals surface area contributed by atoms with Crippen LogP contribution in [-0.4, -0.2) is 24.7 Å². The predicted octanol–water partition coefficient (Wildman–Crippen LogP) is 1.75. The summed E-state index contributed by atoms with van der Waals surface area (Å²) < 4.78 is 36.5. The normalized spacial score (nSPS) is 11.5. The van der Waals surface area contributed by atoms with Crippen LogP contribution in [0, 0.1) is 15.9 Å². The molecule has 120 valence electrons. The molecule has 0 saturated heterocycles. The molecule has 2 aromatic rings. The number of nitro groups is 1. The van der Waals surface area contributed by atoms with E-state index in [-0.39, 0.29) is 10.5 Å². The van der Waals surface area contributed by atoms with Gasteiger partial charge in [0.05, 0.1) is 16.0 Å². The maximum atomic E-state index is 12.8. The smallest absolute Gasteiger partial charge is 0.311 e. The molecule has 2 rings (SSSR count). The first-order chi connectivity index (χ1) is 10.8. The van der Waals surface area contributed by atoms with Crippen LogP contribution in [0.1, 0.15) is 5.56 Å². The highest BCUT2D eigenvalue weighted by Gasteiger charge is 2.14. The lowest BCUT2D eigenvalue weighted by atomic mass is 10.2. The van der Waals surface area contributed by atoms with Crippen molar-refractivity contribution in [2.75, 3.05) is 0 Å². The number of hydrogen-bond acceptors (Lipinski definition) is 6. The van der Waals surface area contributed by atoms with E-state index in [9.17, 15) is 28.0 Å². The Balaban J connectivity index is 2.17. The first-order valence-electron chi connectivity index (χ1n) is 6.07. The lowest BCUT2D eigenvalue weighted by molar-refractivity contribution is -0.385. The summed E-state index contributed by atoms with van der Waals surface area (Å²) in [5.74, 6) is -1.09. The molecule has 0 amide bonds. The molecule has 0 aromatic heterocycles. The summed E-state index contributed by atoms with van der Waals surface area (Å²) in [6.07, 6.45) is 1.04. The zero-order valence-corrected chi connectivity index (χ0v) is 12.2. The van der Waals surface area contributed by atoms with Crippen molar-refractivity contribution in [2.24, 2.45) is 5.10 Å². The molecule has 23 heavy (non-hydrogen) atoms. The van der Waals surface area contributed by atoms with Crippen LogP contribution >= 0.6 is 0 Å². The number of hydrogen-bond donors (Lipinski definition) is 2. The molecule has 0 aliphatic carbocycles. The van der Waals surface area contributed by atoms with Gasteiger partial charge in [-0.15, -0.1) is 0 Å². The molecule has 0 aliphatic heterocycles. The second kappa shape index (κ2) is 6.40. The largest absolute Gasteiger partial charge is 0.502 e.